The first-order valence-corrected chi connectivity index (χ1v) is 8.40. The fraction of sp³-hybridized carbons (Fsp3) is 0.444. The SMILES string of the molecule is O=C(C[C@H]1CN(Cc2ccccc2)CCO1)NCCn1ccnc1. The minimum Gasteiger partial charge on any atom is -0.375 e. The first kappa shape index (κ1) is 16.7. The van der Waals surface area contributed by atoms with Crippen molar-refractivity contribution in [3.63, 3.8) is 0 Å². The quantitative estimate of drug-likeness (QED) is 0.832. The van der Waals surface area contributed by atoms with E-state index in [1.807, 2.05) is 16.8 Å². The first-order chi connectivity index (χ1) is 11.8. The van der Waals surface area contributed by atoms with Gasteiger partial charge in [-0.1, -0.05) is 30.3 Å². The van der Waals surface area contributed by atoms with E-state index >= 15 is 0 Å². The molecule has 0 unspecified atom stereocenters. The van der Waals surface area contributed by atoms with Gasteiger partial charge in [-0.15, -0.1) is 0 Å². The number of aromatic nitrogens is 2. The molecule has 0 bridgehead atoms. The molecule has 1 amide bonds. The summed E-state index contributed by atoms with van der Waals surface area (Å²) in [5.41, 5.74) is 1.29. The number of carbonyl (C=O) groups excluding carboxylic acids is 1. The van der Waals surface area contributed by atoms with Crippen LogP contribution in [-0.2, 0) is 22.6 Å². The maximum atomic E-state index is 12.1. The van der Waals surface area contributed by atoms with Crippen molar-refractivity contribution in [1.82, 2.24) is 19.8 Å². The largest absolute Gasteiger partial charge is 0.375 e. The van der Waals surface area contributed by atoms with Gasteiger partial charge in [0, 0.05) is 45.1 Å². The molecule has 128 valence electrons. The maximum Gasteiger partial charge on any atom is 0.222 e. The van der Waals surface area contributed by atoms with Gasteiger partial charge in [-0.3, -0.25) is 9.69 Å². The third-order valence-corrected chi connectivity index (χ3v) is 4.14. The zero-order valence-electron chi connectivity index (χ0n) is 13.8. The molecule has 0 aliphatic carbocycles. The van der Waals surface area contributed by atoms with Crippen molar-refractivity contribution >= 4 is 5.91 Å². The van der Waals surface area contributed by atoms with Gasteiger partial charge in [0.05, 0.1) is 25.5 Å². The Bertz CT molecular complexity index is 615. The zero-order valence-corrected chi connectivity index (χ0v) is 13.8. The summed E-state index contributed by atoms with van der Waals surface area (Å²) in [6.45, 7) is 4.63. The van der Waals surface area contributed by atoms with Gasteiger partial charge in [0.1, 0.15) is 0 Å². The average Bonchev–Trinajstić information content (AvgIpc) is 3.09. The molecule has 1 atom stereocenters. The number of nitrogens with one attached hydrogen (secondary N) is 1. The highest BCUT2D eigenvalue weighted by Crippen LogP contribution is 2.12. The second kappa shape index (κ2) is 8.61. The van der Waals surface area contributed by atoms with Crippen LogP contribution in [0, 0.1) is 0 Å². The maximum absolute atomic E-state index is 12.1. The summed E-state index contributed by atoms with van der Waals surface area (Å²) in [7, 11) is 0. The van der Waals surface area contributed by atoms with Crippen LogP contribution >= 0.6 is 0 Å². The molecule has 1 aliphatic heterocycles. The number of ether oxygens (including phenoxy) is 1. The molecule has 0 saturated carbocycles. The summed E-state index contributed by atoms with van der Waals surface area (Å²) in [5, 5.41) is 2.95. The summed E-state index contributed by atoms with van der Waals surface area (Å²) in [6, 6.07) is 10.4. The molecule has 1 fully saturated rings. The van der Waals surface area contributed by atoms with Crippen molar-refractivity contribution in [2.75, 3.05) is 26.2 Å². The Hall–Kier alpha value is -2.18. The summed E-state index contributed by atoms with van der Waals surface area (Å²) in [5.74, 6) is 0.0432. The smallest absolute Gasteiger partial charge is 0.222 e. The average molecular weight is 328 g/mol. The summed E-state index contributed by atoms with van der Waals surface area (Å²) in [4.78, 5) is 18.4. The normalized spacial score (nSPS) is 18.4. The zero-order chi connectivity index (χ0) is 16.6. The highest BCUT2D eigenvalue weighted by molar-refractivity contribution is 5.76. The second-order valence-electron chi connectivity index (χ2n) is 6.07. The van der Waals surface area contributed by atoms with Gasteiger partial charge in [-0.25, -0.2) is 4.98 Å². The van der Waals surface area contributed by atoms with E-state index in [0.717, 1.165) is 26.2 Å². The lowest BCUT2D eigenvalue weighted by Crippen LogP contribution is -2.44. The van der Waals surface area contributed by atoms with Crippen LogP contribution in [-0.4, -0.2) is 52.7 Å². The van der Waals surface area contributed by atoms with Crippen molar-refractivity contribution < 1.29 is 9.53 Å². The van der Waals surface area contributed by atoms with Crippen LogP contribution in [0.25, 0.3) is 0 Å². The molecule has 0 spiro atoms. The molecular formula is C18H24N4O2. The number of morpholine rings is 1. The Labute approximate surface area is 142 Å². The summed E-state index contributed by atoms with van der Waals surface area (Å²) >= 11 is 0. The van der Waals surface area contributed by atoms with Crippen molar-refractivity contribution in [2.45, 2.75) is 25.6 Å². The molecule has 24 heavy (non-hydrogen) atoms. The Balaban J connectivity index is 1.39. The van der Waals surface area contributed by atoms with Crippen LogP contribution in [0.15, 0.2) is 49.1 Å². The summed E-state index contributed by atoms with van der Waals surface area (Å²) in [6.07, 6.45) is 5.75. The lowest BCUT2D eigenvalue weighted by Gasteiger charge is -2.32. The van der Waals surface area contributed by atoms with Gasteiger partial charge < -0.3 is 14.6 Å². The Morgan fingerprint density at radius 2 is 2.21 bits per heavy atom. The molecule has 1 aromatic heterocycles. The lowest BCUT2D eigenvalue weighted by atomic mass is 10.1. The van der Waals surface area contributed by atoms with Gasteiger partial charge in [-0.2, -0.15) is 0 Å². The van der Waals surface area contributed by atoms with Crippen molar-refractivity contribution in [3.8, 4) is 0 Å². The van der Waals surface area contributed by atoms with E-state index in [2.05, 4.69) is 39.5 Å². The molecule has 1 N–H and O–H groups in total. The Morgan fingerprint density at radius 3 is 3.00 bits per heavy atom. The highest BCUT2D eigenvalue weighted by Gasteiger charge is 2.22. The van der Waals surface area contributed by atoms with Gasteiger partial charge in [0.2, 0.25) is 5.91 Å². The number of nitrogens with zero attached hydrogens (tertiary/aromatic N) is 3. The minimum atomic E-state index is -0.0318. The lowest BCUT2D eigenvalue weighted by molar-refractivity contribution is -0.126. The highest BCUT2D eigenvalue weighted by atomic mass is 16.5. The summed E-state index contributed by atoms with van der Waals surface area (Å²) < 4.78 is 7.69. The fourth-order valence-corrected chi connectivity index (χ4v) is 2.91. The third kappa shape index (κ3) is 5.18. The van der Waals surface area contributed by atoms with Crippen LogP contribution in [0.3, 0.4) is 0 Å². The van der Waals surface area contributed by atoms with E-state index < -0.39 is 0 Å². The van der Waals surface area contributed by atoms with Crippen molar-refractivity contribution in [3.05, 3.63) is 54.6 Å². The van der Waals surface area contributed by atoms with Crippen LogP contribution in [0.1, 0.15) is 12.0 Å². The van der Waals surface area contributed by atoms with Gasteiger partial charge in [-0.05, 0) is 5.56 Å². The van der Waals surface area contributed by atoms with Gasteiger partial charge >= 0.3 is 0 Å². The fourth-order valence-electron chi connectivity index (χ4n) is 2.91. The van der Waals surface area contributed by atoms with Gasteiger partial charge in [0.15, 0.2) is 0 Å². The van der Waals surface area contributed by atoms with Crippen molar-refractivity contribution in [1.29, 1.82) is 0 Å². The van der Waals surface area contributed by atoms with E-state index in [-0.39, 0.29) is 12.0 Å². The number of benzene rings is 1. The first-order valence-electron chi connectivity index (χ1n) is 8.40. The number of amides is 1. The molecule has 6 heteroatoms. The third-order valence-electron chi connectivity index (χ3n) is 4.14. The van der Waals surface area contributed by atoms with Crippen molar-refractivity contribution in [2.24, 2.45) is 0 Å². The number of hydrogen-bond donors (Lipinski definition) is 1. The molecule has 6 nitrogen and oxygen atoms in total. The predicted molar refractivity (Wildman–Crippen MR) is 91.3 cm³/mol. The number of rotatable bonds is 7. The molecule has 0 radical (unpaired) electrons. The Kier molecular flexibility index (Phi) is 5.98. The molecule has 1 saturated heterocycles. The minimum absolute atomic E-state index is 0.0318. The molecule has 3 rings (SSSR count). The molecule has 2 heterocycles. The topological polar surface area (TPSA) is 59.4 Å². The second-order valence-corrected chi connectivity index (χ2v) is 6.07. The van der Waals surface area contributed by atoms with Gasteiger partial charge in [0.25, 0.3) is 0 Å². The van der Waals surface area contributed by atoms with E-state index in [1.165, 1.54) is 5.56 Å². The van der Waals surface area contributed by atoms with Crippen LogP contribution < -0.4 is 5.32 Å². The van der Waals surface area contributed by atoms with Crippen LogP contribution in [0.5, 0.6) is 0 Å². The molecule has 2 aromatic rings. The van der Waals surface area contributed by atoms with E-state index in [0.29, 0.717) is 19.6 Å². The van der Waals surface area contributed by atoms with E-state index in [4.69, 9.17) is 4.74 Å². The predicted octanol–water partition coefficient (Wildman–Crippen LogP) is 1.29. The molecular weight excluding hydrogens is 304 g/mol. The van der Waals surface area contributed by atoms with E-state index in [1.54, 1.807) is 12.5 Å². The number of carbonyl (C=O) groups is 1. The van der Waals surface area contributed by atoms with E-state index in [9.17, 15) is 4.79 Å². The van der Waals surface area contributed by atoms with Crippen LogP contribution in [0.2, 0.25) is 0 Å². The molecule has 1 aliphatic rings. The Morgan fingerprint density at radius 1 is 1.33 bits per heavy atom. The van der Waals surface area contributed by atoms with Crippen LogP contribution in [0.4, 0.5) is 0 Å². The number of imidazole rings is 1. The monoisotopic (exact) mass is 328 g/mol. The standard InChI is InChI=1S/C18H24N4O2/c23-18(20-7-9-21-8-6-19-15-21)12-17-14-22(10-11-24-17)13-16-4-2-1-3-5-16/h1-6,8,15,17H,7,9-14H2,(H,20,23)/t17-/m0/s1. The molecule has 1 aromatic carbocycles. The number of hydrogen-bond acceptors (Lipinski definition) is 4.